The molecule has 0 fully saturated rings. The summed E-state index contributed by atoms with van der Waals surface area (Å²) < 4.78 is 23.4. The molecule has 0 rings (SSSR count). The number of rotatable bonds is 57. The van der Waals surface area contributed by atoms with E-state index in [1.807, 2.05) is 21.1 Å². The van der Waals surface area contributed by atoms with Crippen molar-refractivity contribution in [2.75, 3.05) is 40.9 Å². The van der Waals surface area contributed by atoms with Gasteiger partial charge in [-0.05, 0) is 12.8 Å². The predicted octanol–water partition coefficient (Wildman–Crippen LogP) is 17.8. The molecule has 0 aromatic carbocycles. The van der Waals surface area contributed by atoms with Crippen LogP contribution in [0, 0.1) is 0 Å². The molecule has 0 aliphatic rings. The summed E-state index contributed by atoms with van der Waals surface area (Å²) in [5.41, 5.74) is 0. The Balaban J connectivity index is 4.04. The van der Waals surface area contributed by atoms with Gasteiger partial charge < -0.3 is 28.8 Å². The molecule has 0 saturated carbocycles. The fourth-order valence-corrected chi connectivity index (χ4v) is 10.3. The van der Waals surface area contributed by atoms with Crippen LogP contribution in [0.5, 0.6) is 0 Å². The largest absolute Gasteiger partial charge is 0.756 e. The average molecular weight is 986 g/mol. The van der Waals surface area contributed by atoms with E-state index in [1.54, 1.807) is 0 Å². The summed E-state index contributed by atoms with van der Waals surface area (Å²) in [5, 5.41) is 14.0. The Hall–Kier alpha value is -0.500. The Morgan fingerprint density at radius 3 is 1.00 bits per heavy atom. The highest BCUT2D eigenvalue weighted by molar-refractivity contribution is 7.45. The van der Waals surface area contributed by atoms with Gasteiger partial charge in [0.15, 0.2) is 0 Å². The van der Waals surface area contributed by atoms with Crippen molar-refractivity contribution in [3.8, 4) is 0 Å². The van der Waals surface area contributed by atoms with Gasteiger partial charge in [-0.25, -0.2) is 0 Å². The second kappa shape index (κ2) is 51.4. The number of amides is 1. The molecule has 8 nitrogen and oxygen atoms in total. The second-order valence-electron chi connectivity index (χ2n) is 22.4. The first-order valence-corrected chi connectivity index (χ1v) is 31.8. The Kier molecular flexibility index (Phi) is 51.0. The zero-order chi connectivity index (χ0) is 49.9. The SMILES string of the molecule is CCCCCCCCCCCCCCCCCCCCCCCCCCCCCCC(=O)NC(COP(=O)([O-])OCC[N+](C)(C)C)C(O)CCCCCCCCCCCCCCCCCCCC. The number of carbonyl (C=O) groups excluding carboxylic acids is 1. The molecule has 408 valence electrons. The molecule has 9 heteroatoms. The summed E-state index contributed by atoms with van der Waals surface area (Å²) >= 11 is 0. The van der Waals surface area contributed by atoms with Crippen molar-refractivity contribution >= 4 is 13.7 Å². The lowest BCUT2D eigenvalue weighted by molar-refractivity contribution is -0.870. The highest BCUT2D eigenvalue weighted by atomic mass is 31.2. The van der Waals surface area contributed by atoms with Crippen LogP contribution in [0.25, 0.3) is 0 Å². The Bertz CT molecular complexity index is 1070. The summed E-state index contributed by atoms with van der Waals surface area (Å²) in [6.45, 7) is 4.78. The van der Waals surface area contributed by atoms with Crippen molar-refractivity contribution in [1.82, 2.24) is 5.32 Å². The van der Waals surface area contributed by atoms with Crippen LogP contribution in [0.4, 0.5) is 0 Å². The average Bonchev–Trinajstić information content (AvgIpc) is 3.30. The number of quaternary nitrogens is 1. The van der Waals surface area contributed by atoms with Gasteiger partial charge in [0, 0.05) is 6.42 Å². The number of likely N-dealkylation sites (N-methyl/N-ethyl adjacent to an activating group) is 1. The number of hydrogen-bond donors (Lipinski definition) is 2. The highest BCUT2D eigenvalue weighted by Crippen LogP contribution is 2.38. The van der Waals surface area contributed by atoms with Crippen LogP contribution in [-0.4, -0.2) is 68.5 Å². The molecule has 0 heterocycles. The molecule has 0 aliphatic heterocycles. The minimum atomic E-state index is -4.57. The van der Waals surface area contributed by atoms with Crippen LogP contribution in [0.15, 0.2) is 0 Å². The van der Waals surface area contributed by atoms with Gasteiger partial charge in [0.2, 0.25) is 5.91 Å². The standard InChI is InChI=1S/C59H121N2O6P/c1-6-8-10-12-14-16-18-20-22-24-26-27-28-29-30-31-32-33-34-35-37-39-41-43-45-47-49-51-53-59(63)60-57(56-67-68(64,65)66-55-54-61(3,4)5)58(62)52-50-48-46-44-42-40-38-36-25-23-21-19-17-15-13-11-9-7-2/h57-58,62H,6-56H2,1-5H3,(H-,60,63,64,65). The Labute approximate surface area is 425 Å². The third kappa shape index (κ3) is 53.3. The number of nitrogens with one attached hydrogen (secondary N) is 1. The van der Waals surface area contributed by atoms with E-state index in [0.29, 0.717) is 23.9 Å². The van der Waals surface area contributed by atoms with Gasteiger partial charge in [0.1, 0.15) is 13.2 Å². The normalized spacial score (nSPS) is 13.8. The highest BCUT2D eigenvalue weighted by Gasteiger charge is 2.24. The topological polar surface area (TPSA) is 108 Å². The smallest absolute Gasteiger partial charge is 0.268 e. The summed E-state index contributed by atoms with van der Waals surface area (Å²) in [5.74, 6) is -0.156. The molecule has 3 unspecified atom stereocenters. The molecule has 68 heavy (non-hydrogen) atoms. The number of nitrogens with zero attached hydrogens (tertiary/aromatic N) is 1. The lowest BCUT2D eigenvalue weighted by Gasteiger charge is -2.30. The predicted molar refractivity (Wildman–Crippen MR) is 293 cm³/mol. The van der Waals surface area contributed by atoms with Gasteiger partial charge in [-0.1, -0.05) is 303 Å². The lowest BCUT2D eigenvalue weighted by Crippen LogP contribution is -2.46. The van der Waals surface area contributed by atoms with Crippen molar-refractivity contribution in [1.29, 1.82) is 0 Å². The Morgan fingerprint density at radius 1 is 0.456 bits per heavy atom. The minimum Gasteiger partial charge on any atom is -0.756 e. The van der Waals surface area contributed by atoms with E-state index in [2.05, 4.69) is 19.2 Å². The Morgan fingerprint density at radius 2 is 0.721 bits per heavy atom. The van der Waals surface area contributed by atoms with E-state index in [1.165, 1.54) is 257 Å². The van der Waals surface area contributed by atoms with Crippen LogP contribution in [0.3, 0.4) is 0 Å². The van der Waals surface area contributed by atoms with Crippen LogP contribution >= 0.6 is 7.82 Å². The summed E-state index contributed by atoms with van der Waals surface area (Å²) in [6.07, 6.45) is 61.4. The van der Waals surface area contributed by atoms with Gasteiger partial charge in [-0.2, -0.15) is 0 Å². The molecule has 0 bridgehead atoms. The van der Waals surface area contributed by atoms with E-state index >= 15 is 0 Å². The van der Waals surface area contributed by atoms with Gasteiger partial charge in [-0.15, -0.1) is 0 Å². The first-order chi connectivity index (χ1) is 33.0. The molecule has 0 spiro atoms. The van der Waals surface area contributed by atoms with Crippen molar-refractivity contribution in [3.05, 3.63) is 0 Å². The number of phosphoric acid groups is 1. The van der Waals surface area contributed by atoms with Crippen molar-refractivity contribution in [2.45, 2.75) is 334 Å². The molecule has 0 saturated heterocycles. The van der Waals surface area contributed by atoms with Gasteiger partial charge >= 0.3 is 0 Å². The third-order valence-corrected chi connectivity index (χ3v) is 15.3. The maximum atomic E-state index is 13.0. The maximum Gasteiger partial charge on any atom is 0.268 e. The van der Waals surface area contributed by atoms with E-state index in [0.717, 1.165) is 38.5 Å². The molecule has 2 N–H and O–H groups in total. The second-order valence-corrected chi connectivity index (χ2v) is 23.8. The van der Waals surface area contributed by atoms with Crippen LogP contribution < -0.4 is 10.2 Å². The van der Waals surface area contributed by atoms with Gasteiger partial charge in [0.05, 0.1) is 39.9 Å². The summed E-state index contributed by atoms with van der Waals surface area (Å²) in [7, 11) is 1.33. The van der Waals surface area contributed by atoms with Crippen molar-refractivity contribution in [3.63, 3.8) is 0 Å². The van der Waals surface area contributed by atoms with E-state index < -0.39 is 20.0 Å². The van der Waals surface area contributed by atoms with Crippen LogP contribution in [0.2, 0.25) is 0 Å². The van der Waals surface area contributed by atoms with E-state index in [9.17, 15) is 19.4 Å². The molecular formula is C59H121N2O6P. The summed E-state index contributed by atoms with van der Waals surface area (Å²) in [6, 6.07) is -0.795. The van der Waals surface area contributed by atoms with E-state index in [-0.39, 0.29) is 19.1 Å². The number of carbonyl (C=O) groups is 1. The number of unbranched alkanes of at least 4 members (excludes halogenated alkanes) is 44. The van der Waals surface area contributed by atoms with E-state index in [4.69, 9.17) is 9.05 Å². The van der Waals surface area contributed by atoms with Gasteiger partial charge in [0.25, 0.3) is 7.82 Å². The zero-order valence-corrected chi connectivity index (χ0v) is 47.5. The quantitative estimate of drug-likeness (QED) is 0.0357. The first kappa shape index (κ1) is 67.5. The zero-order valence-electron chi connectivity index (χ0n) is 46.6. The number of hydrogen-bond acceptors (Lipinski definition) is 6. The monoisotopic (exact) mass is 985 g/mol. The molecule has 0 radical (unpaired) electrons. The minimum absolute atomic E-state index is 0.0167. The van der Waals surface area contributed by atoms with Gasteiger partial charge in [-0.3, -0.25) is 9.36 Å². The molecule has 0 aromatic heterocycles. The van der Waals surface area contributed by atoms with Crippen molar-refractivity contribution in [2.24, 2.45) is 0 Å². The fraction of sp³-hybridized carbons (Fsp3) is 0.983. The number of aliphatic hydroxyl groups excluding tert-OH is 1. The fourth-order valence-electron chi connectivity index (χ4n) is 9.57. The maximum absolute atomic E-state index is 13.0. The molecule has 0 aromatic rings. The first-order valence-electron chi connectivity index (χ1n) is 30.4. The third-order valence-electron chi connectivity index (χ3n) is 14.3. The molecule has 0 aliphatic carbocycles. The van der Waals surface area contributed by atoms with Crippen molar-refractivity contribution < 1.29 is 32.9 Å². The lowest BCUT2D eigenvalue weighted by atomic mass is 10.0. The number of aliphatic hydroxyl groups is 1. The molecule has 1 amide bonds. The number of phosphoric ester groups is 1. The molecule has 3 atom stereocenters. The summed E-state index contributed by atoms with van der Waals surface area (Å²) in [4.78, 5) is 25.5. The van der Waals surface area contributed by atoms with Crippen LogP contribution in [0.1, 0.15) is 322 Å². The van der Waals surface area contributed by atoms with Crippen LogP contribution in [-0.2, 0) is 18.4 Å². The molecular weight excluding hydrogens is 864 g/mol.